The first-order valence-corrected chi connectivity index (χ1v) is 15.4. The van der Waals surface area contributed by atoms with E-state index in [9.17, 15) is 13.2 Å². The van der Waals surface area contributed by atoms with E-state index in [1.165, 1.54) is 14.6 Å². The summed E-state index contributed by atoms with van der Waals surface area (Å²) in [7, 11) is -3.62. The highest BCUT2D eigenvalue weighted by molar-refractivity contribution is 7.91. The van der Waals surface area contributed by atoms with Crippen LogP contribution in [0.2, 0.25) is 4.34 Å². The molecule has 11 heteroatoms. The van der Waals surface area contributed by atoms with Crippen LogP contribution in [0.4, 0.5) is 5.13 Å². The topological polar surface area (TPSA) is 73.8 Å². The zero-order chi connectivity index (χ0) is 24.7. The van der Waals surface area contributed by atoms with Gasteiger partial charge in [0.15, 0.2) is 5.13 Å². The third-order valence-corrected chi connectivity index (χ3v) is 11.4. The van der Waals surface area contributed by atoms with Crippen molar-refractivity contribution in [1.29, 1.82) is 0 Å². The fraction of sp³-hybridized carbons (Fsp3) is 0.500. The van der Waals surface area contributed by atoms with Crippen LogP contribution in [0.15, 0.2) is 34.5 Å². The average Bonchev–Trinajstić information content (AvgIpc) is 3.50. The van der Waals surface area contributed by atoms with Gasteiger partial charge in [-0.25, -0.2) is 13.4 Å². The van der Waals surface area contributed by atoms with Crippen molar-refractivity contribution < 1.29 is 13.2 Å². The predicted octanol–water partition coefficient (Wildman–Crippen LogP) is 4.88. The molecule has 5 rings (SSSR count). The van der Waals surface area contributed by atoms with Crippen molar-refractivity contribution in [2.75, 3.05) is 44.2 Å². The zero-order valence-corrected chi connectivity index (χ0v) is 23.0. The summed E-state index contributed by atoms with van der Waals surface area (Å²) in [5, 5.41) is 1.00. The minimum Gasteiger partial charge on any atom is -0.345 e. The lowest BCUT2D eigenvalue weighted by atomic mass is 9.98. The number of rotatable bonds is 5. The number of anilines is 1. The second-order valence-electron chi connectivity index (χ2n) is 9.42. The number of piperazine rings is 1. The fourth-order valence-electron chi connectivity index (χ4n) is 4.86. The van der Waals surface area contributed by atoms with Crippen LogP contribution in [0.5, 0.6) is 0 Å². The van der Waals surface area contributed by atoms with E-state index >= 15 is 0 Å². The molecule has 2 saturated heterocycles. The summed E-state index contributed by atoms with van der Waals surface area (Å²) in [5.74, 6) is 0.163. The first-order valence-electron chi connectivity index (χ1n) is 11.9. The average molecular weight is 553 g/mol. The normalized spacial score (nSPS) is 20.2. The van der Waals surface area contributed by atoms with Gasteiger partial charge in [0.25, 0.3) is 10.0 Å². The number of thiazole rings is 1. The first kappa shape index (κ1) is 25.0. The third-order valence-electron chi connectivity index (χ3n) is 6.80. The Bertz CT molecular complexity index is 1330. The number of halogens is 1. The summed E-state index contributed by atoms with van der Waals surface area (Å²) < 4.78 is 29.4. The molecule has 1 amide bonds. The molecule has 188 valence electrons. The molecule has 7 nitrogen and oxygen atoms in total. The summed E-state index contributed by atoms with van der Waals surface area (Å²) in [6, 6.07) is 9.50. The lowest BCUT2D eigenvalue weighted by Gasteiger charge is -2.38. The molecule has 0 bridgehead atoms. The lowest BCUT2D eigenvalue weighted by Crippen LogP contribution is -2.53. The van der Waals surface area contributed by atoms with Gasteiger partial charge in [0, 0.05) is 39.3 Å². The number of hydrogen-bond donors (Lipinski definition) is 0. The van der Waals surface area contributed by atoms with Gasteiger partial charge in [-0.1, -0.05) is 48.9 Å². The maximum absolute atomic E-state index is 13.3. The van der Waals surface area contributed by atoms with Crippen molar-refractivity contribution in [2.45, 2.75) is 36.8 Å². The lowest BCUT2D eigenvalue weighted by molar-refractivity contribution is -0.137. The van der Waals surface area contributed by atoms with Gasteiger partial charge in [-0.3, -0.25) is 4.79 Å². The predicted molar refractivity (Wildman–Crippen MR) is 143 cm³/mol. The van der Waals surface area contributed by atoms with Crippen molar-refractivity contribution >= 4 is 65.6 Å². The molecule has 0 aliphatic carbocycles. The number of carbonyl (C=O) groups excluding carboxylic acids is 1. The number of amides is 1. The molecule has 2 fully saturated rings. The van der Waals surface area contributed by atoms with Crippen molar-refractivity contribution in [2.24, 2.45) is 5.92 Å². The van der Waals surface area contributed by atoms with Crippen molar-refractivity contribution in [3.05, 3.63) is 40.2 Å². The van der Waals surface area contributed by atoms with Gasteiger partial charge in [-0.05, 0) is 42.5 Å². The Morgan fingerprint density at radius 3 is 2.54 bits per heavy atom. The summed E-state index contributed by atoms with van der Waals surface area (Å²) in [4.78, 5) is 22.4. The van der Waals surface area contributed by atoms with Gasteiger partial charge in [-0.15, -0.1) is 11.3 Å². The van der Waals surface area contributed by atoms with E-state index in [4.69, 9.17) is 16.6 Å². The van der Waals surface area contributed by atoms with Crippen LogP contribution < -0.4 is 4.90 Å². The molecule has 3 aromatic rings. The van der Waals surface area contributed by atoms with Gasteiger partial charge in [-0.2, -0.15) is 4.31 Å². The van der Waals surface area contributed by atoms with E-state index < -0.39 is 10.0 Å². The van der Waals surface area contributed by atoms with Gasteiger partial charge in [0.05, 0.1) is 20.5 Å². The highest BCUT2D eigenvalue weighted by Crippen LogP contribution is 2.34. The van der Waals surface area contributed by atoms with Gasteiger partial charge in [0.2, 0.25) is 5.91 Å². The molecule has 1 aromatic carbocycles. The quantitative estimate of drug-likeness (QED) is 0.451. The standard InChI is InChI=1S/C24H29ClN4O3S3/c1-16(2)18-6-3-7-19-22(18)26-24(33-19)28-13-11-27(12-14-28)23(30)17-5-4-10-29(15-17)35(31,32)21-9-8-20(25)34-21/h3,6-9,16-17H,4-5,10-15H2,1-2H3. The van der Waals surface area contributed by atoms with E-state index in [-0.39, 0.29) is 22.6 Å². The molecule has 2 aromatic heterocycles. The number of thiophene rings is 1. The van der Waals surface area contributed by atoms with E-state index in [1.54, 1.807) is 23.5 Å². The summed E-state index contributed by atoms with van der Waals surface area (Å²) in [6.07, 6.45) is 1.39. The second kappa shape index (κ2) is 9.97. The fourth-order valence-corrected chi connectivity index (χ4v) is 9.07. The first-order chi connectivity index (χ1) is 16.7. The Morgan fingerprint density at radius 1 is 1.09 bits per heavy atom. The van der Waals surface area contributed by atoms with Gasteiger partial charge >= 0.3 is 0 Å². The second-order valence-corrected chi connectivity index (χ2v) is 14.3. The van der Waals surface area contributed by atoms with E-state index in [0.29, 0.717) is 42.7 Å². The van der Waals surface area contributed by atoms with Crippen LogP contribution in [0.3, 0.4) is 0 Å². The Labute approximate surface area is 219 Å². The molecule has 1 unspecified atom stereocenters. The Morgan fingerprint density at radius 2 is 1.86 bits per heavy atom. The summed E-state index contributed by atoms with van der Waals surface area (Å²) in [5.41, 5.74) is 2.34. The molecule has 0 spiro atoms. The number of hydrogen-bond acceptors (Lipinski definition) is 7. The number of benzene rings is 1. The van der Waals surface area contributed by atoms with Crippen molar-refractivity contribution in [1.82, 2.24) is 14.2 Å². The molecule has 35 heavy (non-hydrogen) atoms. The van der Waals surface area contributed by atoms with Crippen LogP contribution in [-0.4, -0.2) is 67.8 Å². The minimum absolute atomic E-state index is 0.0557. The number of piperidine rings is 1. The molecular formula is C24H29ClN4O3S3. The maximum Gasteiger partial charge on any atom is 0.252 e. The number of sulfonamides is 1. The van der Waals surface area contributed by atoms with Crippen LogP contribution in [0, 0.1) is 5.92 Å². The SMILES string of the molecule is CC(C)c1cccc2sc(N3CCN(C(=O)C4CCCN(S(=O)(=O)c5ccc(Cl)s5)C4)CC3)nc12. The van der Waals surface area contributed by atoms with Gasteiger partial charge in [0.1, 0.15) is 4.21 Å². The largest absolute Gasteiger partial charge is 0.345 e. The van der Waals surface area contributed by atoms with Crippen LogP contribution in [-0.2, 0) is 14.8 Å². The van der Waals surface area contributed by atoms with E-state index in [1.807, 2.05) is 4.90 Å². The Hall–Kier alpha value is -1.72. The zero-order valence-electron chi connectivity index (χ0n) is 19.8. The van der Waals surface area contributed by atoms with Crippen LogP contribution in [0.25, 0.3) is 10.2 Å². The Kier molecular flexibility index (Phi) is 7.11. The Balaban J connectivity index is 1.23. The van der Waals surface area contributed by atoms with Crippen LogP contribution in [0.1, 0.15) is 38.2 Å². The number of carbonyl (C=O) groups is 1. The summed E-state index contributed by atoms with van der Waals surface area (Å²) >= 11 is 8.72. The van der Waals surface area contributed by atoms with Crippen LogP contribution >= 0.6 is 34.3 Å². The molecular weight excluding hydrogens is 524 g/mol. The molecule has 0 radical (unpaired) electrons. The smallest absolute Gasteiger partial charge is 0.252 e. The number of aromatic nitrogens is 1. The highest BCUT2D eigenvalue weighted by Gasteiger charge is 2.36. The summed E-state index contributed by atoms with van der Waals surface area (Å²) in [6.45, 7) is 7.73. The number of nitrogens with zero attached hydrogens (tertiary/aromatic N) is 4. The minimum atomic E-state index is -3.62. The van der Waals surface area contributed by atoms with E-state index in [0.717, 1.165) is 35.1 Å². The molecule has 1 atom stereocenters. The molecule has 0 saturated carbocycles. The highest BCUT2D eigenvalue weighted by atomic mass is 35.5. The van der Waals surface area contributed by atoms with E-state index in [2.05, 4.69) is 36.9 Å². The maximum atomic E-state index is 13.3. The molecule has 2 aliphatic rings. The number of para-hydroxylation sites is 1. The van der Waals surface area contributed by atoms with Crippen molar-refractivity contribution in [3.63, 3.8) is 0 Å². The number of fused-ring (bicyclic) bond motifs is 1. The third kappa shape index (κ3) is 4.96. The monoisotopic (exact) mass is 552 g/mol. The molecule has 2 aliphatic heterocycles. The molecule has 4 heterocycles. The van der Waals surface area contributed by atoms with Gasteiger partial charge < -0.3 is 9.80 Å². The molecule has 0 N–H and O–H groups in total. The van der Waals surface area contributed by atoms with Crippen molar-refractivity contribution in [3.8, 4) is 0 Å².